The Bertz CT molecular complexity index is 2350. The molecule has 0 aliphatic heterocycles. The minimum Gasteiger partial charge on any atom is -0.326 e. The van der Waals surface area contributed by atoms with E-state index in [4.69, 9.17) is 4.98 Å². The fourth-order valence-corrected chi connectivity index (χ4v) is 8.42. The van der Waals surface area contributed by atoms with E-state index in [2.05, 4.69) is 164 Å². The number of allylic oxidation sites excluding steroid dienone is 7. The highest BCUT2D eigenvalue weighted by Crippen LogP contribution is 2.52. The van der Waals surface area contributed by atoms with Gasteiger partial charge in [0.1, 0.15) is 5.82 Å². The van der Waals surface area contributed by atoms with Gasteiger partial charge in [0.2, 0.25) is 0 Å². The van der Waals surface area contributed by atoms with Gasteiger partial charge in [-0.2, -0.15) is 0 Å². The van der Waals surface area contributed by atoms with E-state index < -0.39 is 0 Å². The maximum absolute atomic E-state index is 4.82. The van der Waals surface area contributed by atoms with Gasteiger partial charge >= 0.3 is 0 Å². The summed E-state index contributed by atoms with van der Waals surface area (Å²) in [5.74, 6) is 1.90. The van der Waals surface area contributed by atoms with Gasteiger partial charge < -0.3 is 9.47 Å². The molecule has 0 saturated carbocycles. The lowest BCUT2D eigenvalue weighted by Crippen LogP contribution is -2.27. The summed E-state index contributed by atoms with van der Waals surface area (Å²) in [6.07, 6.45) is 16.0. The fourth-order valence-electron chi connectivity index (χ4n) is 8.42. The molecule has 9 rings (SSSR count). The average molecular weight is 636 g/mol. The first-order valence-corrected chi connectivity index (χ1v) is 17.7. The van der Waals surface area contributed by atoms with E-state index in [0.29, 0.717) is 11.8 Å². The third-order valence-electron chi connectivity index (χ3n) is 10.9. The number of pyridine rings is 1. The monoisotopic (exact) mass is 635 g/mol. The summed E-state index contributed by atoms with van der Waals surface area (Å²) < 4.78 is 2.43. The first-order valence-electron chi connectivity index (χ1n) is 17.7. The zero-order valence-corrected chi connectivity index (χ0v) is 28.5. The molecule has 0 saturated heterocycles. The molecular weight excluding hydrogens is 595 g/mol. The van der Waals surface area contributed by atoms with Gasteiger partial charge in [-0.1, -0.05) is 112 Å². The van der Waals surface area contributed by atoms with Crippen LogP contribution in [0.5, 0.6) is 0 Å². The Kier molecular flexibility index (Phi) is 7.05. The molecule has 2 aromatic heterocycles. The van der Waals surface area contributed by atoms with E-state index in [1.165, 1.54) is 60.9 Å². The van der Waals surface area contributed by atoms with E-state index >= 15 is 0 Å². The van der Waals surface area contributed by atoms with Gasteiger partial charge in [0.05, 0.1) is 11.0 Å². The zero-order valence-electron chi connectivity index (χ0n) is 28.5. The van der Waals surface area contributed by atoms with Crippen molar-refractivity contribution in [1.82, 2.24) is 9.55 Å². The molecule has 3 aliphatic carbocycles. The van der Waals surface area contributed by atoms with Gasteiger partial charge in [-0.25, -0.2) is 4.98 Å². The molecule has 49 heavy (non-hydrogen) atoms. The quantitative estimate of drug-likeness (QED) is 0.182. The summed E-state index contributed by atoms with van der Waals surface area (Å²) in [4.78, 5) is 7.21. The number of benzene rings is 4. The van der Waals surface area contributed by atoms with Gasteiger partial charge in [-0.15, -0.1) is 0 Å². The maximum Gasteiger partial charge on any atom is 0.132 e. The predicted octanol–water partition coefficient (Wildman–Crippen LogP) is 11.8. The first-order chi connectivity index (χ1) is 24.0. The highest BCUT2D eigenvalue weighted by molar-refractivity contribution is 6.11. The predicted molar refractivity (Wildman–Crippen MR) is 207 cm³/mol. The normalized spacial score (nSPS) is 19.3. The number of fused-ring (bicyclic) bond motifs is 6. The SMILES string of the molecule is CC1C=C(n2c3ccccc3c3cc(-c4ccc(N(CC5C=C6C(=CC5)c5ccccc5C6(C)C)c5ccccn5)cc4)ccc32)C=CC1. The summed E-state index contributed by atoms with van der Waals surface area (Å²) in [6.45, 7) is 7.90. The Labute approximate surface area is 289 Å². The van der Waals surface area contributed by atoms with E-state index in [1.54, 1.807) is 0 Å². The molecule has 3 aliphatic rings. The Morgan fingerprint density at radius 1 is 0.776 bits per heavy atom. The molecule has 0 fully saturated rings. The molecule has 6 aromatic rings. The molecule has 3 nitrogen and oxygen atoms in total. The van der Waals surface area contributed by atoms with Gasteiger partial charge in [0.15, 0.2) is 0 Å². The molecular formula is C46H41N3. The number of nitrogens with zero attached hydrogens (tertiary/aromatic N) is 3. The number of anilines is 2. The van der Waals surface area contributed by atoms with Crippen molar-refractivity contribution in [2.75, 3.05) is 11.4 Å². The Morgan fingerprint density at radius 3 is 2.39 bits per heavy atom. The molecule has 3 heteroatoms. The van der Waals surface area contributed by atoms with Crippen LogP contribution < -0.4 is 4.90 Å². The topological polar surface area (TPSA) is 21.1 Å². The van der Waals surface area contributed by atoms with Crippen LogP contribution in [0.2, 0.25) is 0 Å². The molecule has 0 amide bonds. The van der Waals surface area contributed by atoms with Crippen molar-refractivity contribution < 1.29 is 0 Å². The van der Waals surface area contributed by atoms with Crippen molar-refractivity contribution >= 4 is 44.6 Å². The Balaban J connectivity index is 1.05. The summed E-state index contributed by atoms with van der Waals surface area (Å²) in [5.41, 5.74) is 13.1. The van der Waals surface area contributed by atoms with Crippen LogP contribution in [0.1, 0.15) is 44.7 Å². The summed E-state index contributed by atoms with van der Waals surface area (Å²) in [6, 6.07) is 40.0. The second kappa shape index (κ2) is 11.6. The summed E-state index contributed by atoms with van der Waals surface area (Å²) in [7, 11) is 0. The van der Waals surface area contributed by atoms with Crippen molar-refractivity contribution in [3.63, 3.8) is 0 Å². The van der Waals surface area contributed by atoms with Crippen LogP contribution >= 0.6 is 0 Å². The summed E-state index contributed by atoms with van der Waals surface area (Å²) in [5, 5.41) is 2.58. The lowest BCUT2D eigenvalue weighted by Gasteiger charge is -2.31. The maximum atomic E-state index is 4.82. The lowest BCUT2D eigenvalue weighted by molar-refractivity contribution is 0.609. The largest absolute Gasteiger partial charge is 0.326 e. The molecule has 240 valence electrons. The zero-order chi connectivity index (χ0) is 33.1. The van der Waals surface area contributed by atoms with Crippen molar-refractivity contribution in [1.29, 1.82) is 0 Å². The molecule has 0 N–H and O–H groups in total. The number of hydrogen-bond acceptors (Lipinski definition) is 2. The third kappa shape index (κ3) is 4.99. The van der Waals surface area contributed by atoms with E-state index in [1.807, 2.05) is 12.3 Å². The number of aromatic nitrogens is 2. The minimum atomic E-state index is 0.00838. The molecule has 0 bridgehead atoms. The minimum absolute atomic E-state index is 0.00838. The molecule has 0 spiro atoms. The molecule has 4 aromatic carbocycles. The Morgan fingerprint density at radius 2 is 1.55 bits per heavy atom. The van der Waals surface area contributed by atoms with Crippen LogP contribution in [-0.2, 0) is 5.41 Å². The molecule has 2 unspecified atom stereocenters. The Hall–Kier alpha value is -5.41. The highest BCUT2D eigenvalue weighted by atomic mass is 15.2. The van der Waals surface area contributed by atoms with E-state index in [-0.39, 0.29) is 5.41 Å². The number of rotatable bonds is 6. The summed E-state index contributed by atoms with van der Waals surface area (Å²) >= 11 is 0. The van der Waals surface area contributed by atoms with Crippen LogP contribution in [0.25, 0.3) is 44.2 Å². The second-order valence-electron chi connectivity index (χ2n) is 14.5. The van der Waals surface area contributed by atoms with Gasteiger partial charge in [0.25, 0.3) is 0 Å². The van der Waals surface area contributed by atoms with Gasteiger partial charge in [0, 0.05) is 40.3 Å². The van der Waals surface area contributed by atoms with Crippen molar-refractivity contribution in [3.8, 4) is 11.1 Å². The third-order valence-corrected chi connectivity index (χ3v) is 10.9. The number of hydrogen-bond donors (Lipinski definition) is 0. The van der Waals surface area contributed by atoms with E-state index in [0.717, 1.165) is 30.9 Å². The average Bonchev–Trinajstić information content (AvgIpc) is 3.59. The van der Waals surface area contributed by atoms with Crippen LogP contribution in [-0.4, -0.2) is 16.1 Å². The van der Waals surface area contributed by atoms with Crippen LogP contribution in [0, 0.1) is 11.8 Å². The van der Waals surface area contributed by atoms with Crippen molar-refractivity contribution in [2.24, 2.45) is 11.8 Å². The van der Waals surface area contributed by atoms with Crippen LogP contribution in [0.3, 0.4) is 0 Å². The lowest BCUT2D eigenvalue weighted by atomic mass is 9.78. The standard InChI is InChI=1S/C46H41N3/c1-31-11-10-12-36(27-31)49-43-16-7-5-14-39(43)40-29-34(21-25-44(40)49)33-19-22-35(23-20-33)48(45-17-8-9-26-47-45)30-32-18-24-38-37-13-4-6-15-41(37)46(2,3)42(38)28-32/h4-10,12-17,19-29,31-32H,11,18,30H2,1-3H3. The van der Waals surface area contributed by atoms with Crippen LogP contribution in [0.4, 0.5) is 11.5 Å². The number of para-hydroxylation sites is 1. The smallest absolute Gasteiger partial charge is 0.132 e. The van der Waals surface area contributed by atoms with E-state index in [9.17, 15) is 0 Å². The second-order valence-corrected chi connectivity index (χ2v) is 14.5. The van der Waals surface area contributed by atoms with Crippen molar-refractivity contribution in [2.45, 2.75) is 39.0 Å². The van der Waals surface area contributed by atoms with Gasteiger partial charge in [-0.05, 0) is 107 Å². The van der Waals surface area contributed by atoms with Crippen molar-refractivity contribution in [3.05, 3.63) is 162 Å². The van der Waals surface area contributed by atoms with Crippen LogP contribution in [0.15, 0.2) is 151 Å². The van der Waals surface area contributed by atoms with Gasteiger partial charge in [-0.3, -0.25) is 0 Å². The fraction of sp³-hybridized carbons (Fsp3) is 0.196. The highest BCUT2D eigenvalue weighted by Gasteiger charge is 2.39. The molecule has 2 heterocycles. The molecule has 2 atom stereocenters. The first kappa shape index (κ1) is 29.7. The molecule has 0 radical (unpaired) electrons.